The van der Waals surface area contributed by atoms with Crippen molar-refractivity contribution in [1.82, 2.24) is 0 Å². The van der Waals surface area contributed by atoms with Crippen LogP contribution in [0, 0.1) is 6.92 Å². The van der Waals surface area contributed by atoms with Crippen LogP contribution in [0.15, 0.2) is 48.5 Å². The summed E-state index contributed by atoms with van der Waals surface area (Å²) >= 11 is 0. The van der Waals surface area contributed by atoms with Crippen LogP contribution < -0.4 is 10.6 Å². The monoisotopic (exact) mass is 296 g/mol. The Hall–Kier alpha value is -2.29. The highest BCUT2D eigenvalue weighted by Crippen LogP contribution is 2.29. The van der Waals surface area contributed by atoms with Gasteiger partial charge in [-0.1, -0.05) is 57.2 Å². The van der Waals surface area contributed by atoms with E-state index in [1.807, 2.05) is 49.4 Å². The van der Waals surface area contributed by atoms with Gasteiger partial charge in [-0.05, 0) is 35.6 Å². The van der Waals surface area contributed by atoms with Crippen LogP contribution in [-0.4, -0.2) is 12.5 Å². The van der Waals surface area contributed by atoms with Gasteiger partial charge in [-0.15, -0.1) is 0 Å². The predicted molar refractivity (Wildman–Crippen MR) is 93.4 cm³/mol. The first kappa shape index (κ1) is 16.1. The number of rotatable bonds is 4. The number of hydrogen-bond donors (Lipinski definition) is 2. The number of nitrogens with one attached hydrogen (secondary N) is 2. The maximum Gasteiger partial charge on any atom is 0.243 e. The summed E-state index contributed by atoms with van der Waals surface area (Å²) in [7, 11) is 0. The average molecular weight is 296 g/mol. The molecule has 3 heteroatoms. The van der Waals surface area contributed by atoms with Crippen LogP contribution in [-0.2, 0) is 10.2 Å². The third kappa shape index (κ3) is 4.10. The van der Waals surface area contributed by atoms with E-state index < -0.39 is 0 Å². The first-order valence-corrected chi connectivity index (χ1v) is 7.57. The molecule has 0 aliphatic carbocycles. The van der Waals surface area contributed by atoms with Gasteiger partial charge in [0.15, 0.2) is 0 Å². The molecular weight excluding hydrogens is 272 g/mol. The maximum absolute atomic E-state index is 12.1. The molecule has 2 aromatic rings. The second-order valence-electron chi connectivity index (χ2n) is 6.51. The van der Waals surface area contributed by atoms with Crippen molar-refractivity contribution in [2.75, 3.05) is 17.2 Å². The van der Waals surface area contributed by atoms with Gasteiger partial charge in [0.25, 0.3) is 0 Å². The minimum atomic E-state index is -0.0435. The van der Waals surface area contributed by atoms with Crippen LogP contribution in [0.5, 0.6) is 0 Å². The molecule has 1 amide bonds. The van der Waals surface area contributed by atoms with Gasteiger partial charge in [-0.3, -0.25) is 4.79 Å². The van der Waals surface area contributed by atoms with E-state index in [1.165, 1.54) is 5.56 Å². The molecule has 2 rings (SSSR count). The minimum absolute atomic E-state index is 0.0378. The summed E-state index contributed by atoms with van der Waals surface area (Å²) in [5.41, 5.74) is 4.17. The number of aryl methyl sites for hydroxylation is 1. The summed E-state index contributed by atoms with van der Waals surface area (Å²) in [5, 5.41) is 6.18. The van der Waals surface area contributed by atoms with Crippen LogP contribution in [0.4, 0.5) is 11.4 Å². The van der Waals surface area contributed by atoms with Gasteiger partial charge in [0.05, 0.1) is 6.54 Å². The molecule has 0 radical (unpaired) electrons. The quantitative estimate of drug-likeness (QED) is 0.881. The smallest absolute Gasteiger partial charge is 0.243 e. The van der Waals surface area contributed by atoms with E-state index in [9.17, 15) is 4.79 Å². The Kier molecular flexibility index (Phi) is 4.86. The fraction of sp³-hybridized carbons (Fsp3) is 0.316. The fourth-order valence-electron chi connectivity index (χ4n) is 2.37. The van der Waals surface area contributed by atoms with Crippen molar-refractivity contribution in [2.24, 2.45) is 0 Å². The maximum atomic E-state index is 12.1. The van der Waals surface area contributed by atoms with E-state index in [4.69, 9.17) is 0 Å². The molecule has 0 unspecified atom stereocenters. The molecule has 0 aromatic heterocycles. The lowest BCUT2D eigenvalue weighted by molar-refractivity contribution is -0.114. The zero-order valence-corrected chi connectivity index (χ0v) is 13.7. The summed E-state index contributed by atoms with van der Waals surface area (Å²) in [6.07, 6.45) is 0. The number of benzene rings is 2. The molecule has 22 heavy (non-hydrogen) atoms. The van der Waals surface area contributed by atoms with Gasteiger partial charge in [0.2, 0.25) is 5.91 Å². The number of carbonyl (C=O) groups excluding carboxylic acids is 1. The second kappa shape index (κ2) is 6.65. The number of amides is 1. The first-order valence-electron chi connectivity index (χ1n) is 7.57. The fourth-order valence-corrected chi connectivity index (χ4v) is 2.37. The number of carbonyl (C=O) groups is 1. The molecule has 0 bridgehead atoms. The first-order chi connectivity index (χ1) is 10.4. The average Bonchev–Trinajstić information content (AvgIpc) is 2.47. The van der Waals surface area contributed by atoms with Gasteiger partial charge < -0.3 is 10.6 Å². The topological polar surface area (TPSA) is 41.1 Å². The highest BCUT2D eigenvalue weighted by Gasteiger charge is 2.17. The lowest BCUT2D eigenvalue weighted by Gasteiger charge is -2.23. The molecule has 0 atom stereocenters. The Bertz CT molecular complexity index is 656. The lowest BCUT2D eigenvalue weighted by Crippen LogP contribution is -2.24. The molecule has 0 fully saturated rings. The Morgan fingerprint density at radius 3 is 2.18 bits per heavy atom. The van der Waals surface area contributed by atoms with Crippen LogP contribution in [0.3, 0.4) is 0 Å². The molecule has 2 aromatic carbocycles. The van der Waals surface area contributed by atoms with Crippen molar-refractivity contribution in [2.45, 2.75) is 33.1 Å². The van der Waals surface area contributed by atoms with Gasteiger partial charge in [0, 0.05) is 11.4 Å². The summed E-state index contributed by atoms with van der Waals surface area (Å²) in [5.74, 6) is -0.0435. The van der Waals surface area contributed by atoms with E-state index >= 15 is 0 Å². The predicted octanol–water partition coefficient (Wildman–Crippen LogP) is 4.34. The summed E-state index contributed by atoms with van der Waals surface area (Å²) < 4.78 is 0. The largest absolute Gasteiger partial charge is 0.376 e. The van der Waals surface area contributed by atoms with Crippen molar-refractivity contribution in [3.05, 3.63) is 59.7 Å². The van der Waals surface area contributed by atoms with E-state index in [0.29, 0.717) is 0 Å². The van der Waals surface area contributed by atoms with E-state index in [0.717, 1.165) is 16.9 Å². The highest BCUT2D eigenvalue weighted by molar-refractivity contribution is 5.94. The zero-order valence-electron chi connectivity index (χ0n) is 13.7. The van der Waals surface area contributed by atoms with Gasteiger partial charge >= 0.3 is 0 Å². The molecule has 0 saturated carbocycles. The third-order valence-corrected chi connectivity index (χ3v) is 3.59. The molecular formula is C19H24N2O. The number of para-hydroxylation sites is 2. The zero-order chi connectivity index (χ0) is 16.2. The van der Waals surface area contributed by atoms with Crippen LogP contribution >= 0.6 is 0 Å². The number of anilines is 2. The number of hydrogen-bond acceptors (Lipinski definition) is 2. The normalized spacial score (nSPS) is 11.1. The molecule has 0 aliphatic heterocycles. The molecule has 0 spiro atoms. The Balaban J connectivity index is 2.02. The SMILES string of the molecule is Cc1ccccc1NC(=O)CNc1ccccc1C(C)(C)C. The van der Waals surface area contributed by atoms with Crippen molar-refractivity contribution in [3.8, 4) is 0 Å². The highest BCUT2D eigenvalue weighted by atomic mass is 16.1. The Labute approximate surface area is 132 Å². The van der Waals surface area contributed by atoms with E-state index in [1.54, 1.807) is 0 Å². The van der Waals surface area contributed by atoms with Crippen molar-refractivity contribution in [1.29, 1.82) is 0 Å². The van der Waals surface area contributed by atoms with Crippen LogP contribution in [0.1, 0.15) is 31.9 Å². The summed E-state index contributed by atoms with van der Waals surface area (Å²) in [6.45, 7) is 8.74. The van der Waals surface area contributed by atoms with Crippen molar-refractivity contribution < 1.29 is 4.79 Å². The summed E-state index contributed by atoms with van der Waals surface area (Å²) in [4.78, 5) is 12.1. The van der Waals surface area contributed by atoms with E-state index in [-0.39, 0.29) is 17.9 Å². The van der Waals surface area contributed by atoms with Crippen molar-refractivity contribution >= 4 is 17.3 Å². The minimum Gasteiger partial charge on any atom is -0.376 e. The third-order valence-electron chi connectivity index (χ3n) is 3.59. The molecule has 2 N–H and O–H groups in total. The molecule has 0 heterocycles. The van der Waals surface area contributed by atoms with Gasteiger partial charge in [-0.2, -0.15) is 0 Å². The molecule has 116 valence electrons. The molecule has 0 saturated heterocycles. The van der Waals surface area contributed by atoms with Gasteiger partial charge in [0.1, 0.15) is 0 Å². The standard InChI is InChI=1S/C19H24N2O/c1-14-9-5-7-11-16(14)21-18(22)13-20-17-12-8-6-10-15(17)19(2,3)4/h5-12,20H,13H2,1-4H3,(H,21,22). The lowest BCUT2D eigenvalue weighted by atomic mass is 9.86. The summed E-state index contributed by atoms with van der Waals surface area (Å²) in [6, 6.07) is 15.9. The Morgan fingerprint density at radius 1 is 0.955 bits per heavy atom. The second-order valence-corrected chi connectivity index (χ2v) is 6.51. The van der Waals surface area contributed by atoms with Crippen molar-refractivity contribution in [3.63, 3.8) is 0 Å². The van der Waals surface area contributed by atoms with Crippen LogP contribution in [0.25, 0.3) is 0 Å². The molecule has 0 aliphatic rings. The van der Waals surface area contributed by atoms with Crippen LogP contribution in [0.2, 0.25) is 0 Å². The van der Waals surface area contributed by atoms with E-state index in [2.05, 4.69) is 37.5 Å². The molecule has 3 nitrogen and oxygen atoms in total. The van der Waals surface area contributed by atoms with Gasteiger partial charge in [-0.25, -0.2) is 0 Å². The Morgan fingerprint density at radius 2 is 1.55 bits per heavy atom.